The molecule has 18 heavy (non-hydrogen) atoms. The van der Waals surface area contributed by atoms with Gasteiger partial charge in [-0.15, -0.1) is 0 Å². The van der Waals surface area contributed by atoms with Crippen LogP contribution in [0, 0.1) is 29.1 Å². The van der Waals surface area contributed by atoms with Crippen molar-refractivity contribution in [3.63, 3.8) is 0 Å². The molecule has 102 valence electrons. The zero-order chi connectivity index (χ0) is 13.5. The highest BCUT2D eigenvalue weighted by molar-refractivity contribution is 5.34. The van der Waals surface area contributed by atoms with Gasteiger partial charge in [-0.05, 0) is 43.9 Å². The van der Waals surface area contributed by atoms with Gasteiger partial charge in [0.25, 0.3) is 0 Å². The standard InChI is InChI=1S/C15H24O3/c1-7-9-12(16)10-8(14(2,3)18)5-6-15(7,4)11(10)13(9)17/h8-13,16-18H,1,5-6H2,2-4H3/t8-,9-,10-,11+,12-,13+,15-/m1/s1. The Kier molecular flexibility index (Phi) is 2.38. The van der Waals surface area contributed by atoms with E-state index < -0.39 is 17.8 Å². The number of aliphatic hydroxyl groups excluding tert-OH is 2. The maximum atomic E-state index is 10.5. The highest BCUT2D eigenvalue weighted by Crippen LogP contribution is 2.68. The highest BCUT2D eigenvalue weighted by Gasteiger charge is 2.69. The van der Waals surface area contributed by atoms with Crippen molar-refractivity contribution in [1.82, 2.24) is 0 Å². The molecule has 3 aliphatic carbocycles. The van der Waals surface area contributed by atoms with Gasteiger partial charge in [0.1, 0.15) is 0 Å². The molecular formula is C15H24O3. The van der Waals surface area contributed by atoms with Gasteiger partial charge in [0.2, 0.25) is 0 Å². The van der Waals surface area contributed by atoms with E-state index in [1.54, 1.807) is 0 Å². The lowest BCUT2D eigenvalue weighted by Crippen LogP contribution is -2.53. The molecule has 3 saturated carbocycles. The lowest BCUT2D eigenvalue weighted by molar-refractivity contribution is -0.110. The van der Waals surface area contributed by atoms with Gasteiger partial charge in [-0.3, -0.25) is 0 Å². The van der Waals surface area contributed by atoms with Crippen LogP contribution in [0.3, 0.4) is 0 Å². The molecule has 0 aromatic carbocycles. The zero-order valence-corrected chi connectivity index (χ0v) is 11.4. The Morgan fingerprint density at radius 3 is 2.39 bits per heavy atom. The monoisotopic (exact) mass is 252 g/mol. The van der Waals surface area contributed by atoms with Gasteiger partial charge in [-0.1, -0.05) is 19.1 Å². The van der Waals surface area contributed by atoms with Crippen molar-refractivity contribution in [3.05, 3.63) is 12.2 Å². The Labute approximate surface area is 109 Å². The summed E-state index contributed by atoms with van der Waals surface area (Å²) in [6.07, 6.45) is 0.841. The molecule has 0 amide bonds. The van der Waals surface area contributed by atoms with Crippen molar-refractivity contribution >= 4 is 0 Å². The van der Waals surface area contributed by atoms with Crippen LogP contribution in [0.15, 0.2) is 12.2 Å². The molecule has 2 bridgehead atoms. The number of fused-ring (bicyclic) bond motifs is 1. The molecule has 0 heterocycles. The van der Waals surface area contributed by atoms with E-state index in [9.17, 15) is 15.3 Å². The van der Waals surface area contributed by atoms with E-state index in [4.69, 9.17) is 0 Å². The number of hydrogen-bond acceptors (Lipinski definition) is 3. The van der Waals surface area contributed by atoms with Crippen molar-refractivity contribution < 1.29 is 15.3 Å². The first-order valence-corrected chi connectivity index (χ1v) is 6.97. The minimum absolute atomic E-state index is 0.00856. The van der Waals surface area contributed by atoms with Crippen molar-refractivity contribution in [1.29, 1.82) is 0 Å². The van der Waals surface area contributed by atoms with Gasteiger partial charge in [0.15, 0.2) is 0 Å². The third-order valence-corrected chi connectivity index (χ3v) is 6.13. The first kappa shape index (κ1) is 12.6. The van der Waals surface area contributed by atoms with Crippen LogP contribution in [0.5, 0.6) is 0 Å². The van der Waals surface area contributed by atoms with Crippen molar-refractivity contribution in [2.45, 2.75) is 51.4 Å². The number of rotatable bonds is 1. The van der Waals surface area contributed by atoms with Crippen LogP contribution in [-0.2, 0) is 0 Å². The quantitative estimate of drug-likeness (QED) is 0.617. The number of hydrogen-bond donors (Lipinski definition) is 3. The van der Waals surface area contributed by atoms with Crippen LogP contribution >= 0.6 is 0 Å². The SMILES string of the molecule is C=C1[C@@H]2[C@@H](O)[C@H]3[C@@H]([C@H]2O)[C@]1(C)CC[C@H]3C(C)(C)O. The summed E-state index contributed by atoms with van der Waals surface area (Å²) in [5, 5.41) is 31.2. The van der Waals surface area contributed by atoms with Gasteiger partial charge in [0, 0.05) is 11.8 Å². The third-order valence-electron chi connectivity index (χ3n) is 6.13. The Morgan fingerprint density at radius 1 is 1.28 bits per heavy atom. The van der Waals surface area contributed by atoms with E-state index >= 15 is 0 Å². The van der Waals surface area contributed by atoms with Gasteiger partial charge < -0.3 is 15.3 Å². The second-order valence-corrected chi connectivity index (χ2v) is 7.35. The van der Waals surface area contributed by atoms with Crippen LogP contribution in [-0.4, -0.2) is 33.1 Å². The van der Waals surface area contributed by atoms with Gasteiger partial charge >= 0.3 is 0 Å². The second kappa shape index (κ2) is 3.38. The van der Waals surface area contributed by atoms with Crippen LogP contribution in [0.1, 0.15) is 33.6 Å². The molecule has 0 aromatic rings. The summed E-state index contributed by atoms with van der Waals surface area (Å²) in [6, 6.07) is 0. The fourth-order valence-corrected chi connectivity index (χ4v) is 5.20. The Bertz CT molecular complexity index is 397. The van der Waals surface area contributed by atoms with E-state index in [0.29, 0.717) is 0 Å². The molecule has 0 saturated heterocycles. The first-order chi connectivity index (χ1) is 8.19. The Morgan fingerprint density at radius 2 is 1.89 bits per heavy atom. The molecule has 3 fully saturated rings. The fourth-order valence-electron chi connectivity index (χ4n) is 5.20. The fraction of sp³-hybridized carbons (Fsp3) is 0.867. The van der Waals surface area contributed by atoms with E-state index in [0.717, 1.165) is 18.4 Å². The summed E-state index contributed by atoms with van der Waals surface area (Å²) in [6.45, 7) is 9.94. The molecule has 0 unspecified atom stereocenters. The van der Waals surface area contributed by atoms with Crippen molar-refractivity contribution in [2.24, 2.45) is 29.1 Å². The smallest absolute Gasteiger partial charge is 0.0670 e. The van der Waals surface area contributed by atoms with E-state index in [2.05, 4.69) is 13.5 Å². The van der Waals surface area contributed by atoms with Gasteiger partial charge in [0.05, 0.1) is 17.8 Å². The van der Waals surface area contributed by atoms with Crippen molar-refractivity contribution in [3.8, 4) is 0 Å². The molecule has 3 aliphatic rings. The predicted molar refractivity (Wildman–Crippen MR) is 68.8 cm³/mol. The highest BCUT2D eigenvalue weighted by atomic mass is 16.3. The first-order valence-electron chi connectivity index (χ1n) is 6.97. The lowest BCUT2D eigenvalue weighted by Gasteiger charge is -2.53. The molecule has 0 aromatic heterocycles. The van der Waals surface area contributed by atoms with Gasteiger partial charge in [-0.2, -0.15) is 0 Å². The summed E-state index contributed by atoms with van der Waals surface area (Å²) >= 11 is 0. The Balaban J connectivity index is 2.04. The van der Waals surface area contributed by atoms with E-state index in [-0.39, 0.29) is 29.1 Å². The second-order valence-electron chi connectivity index (χ2n) is 7.35. The van der Waals surface area contributed by atoms with Crippen molar-refractivity contribution in [2.75, 3.05) is 0 Å². The molecule has 3 heteroatoms. The topological polar surface area (TPSA) is 60.7 Å². The third kappa shape index (κ3) is 1.25. The summed E-state index contributed by atoms with van der Waals surface area (Å²) in [4.78, 5) is 0. The van der Waals surface area contributed by atoms with Crippen LogP contribution in [0.2, 0.25) is 0 Å². The molecule has 0 aliphatic heterocycles. The maximum absolute atomic E-state index is 10.5. The molecule has 0 spiro atoms. The summed E-state index contributed by atoms with van der Waals surface area (Å²) in [5.41, 5.74) is 0.187. The van der Waals surface area contributed by atoms with Crippen LogP contribution in [0.25, 0.3) is 0 Å². The minimum atomic E-state index is -0.793. The molecular weight excluding hydrogens is 228 g/mol. The zero-order valence-electron chi connectivity index (χ0n) is 11.4. The van der Waals surface area contributed by atoms with Gasteiger partial charge in [-0.25, -0.2) is 0 Å². The minimum Gasteiger partial charge on any atom is -0.392 e. The van der Waals surface area contributed by atoms with E-state index in [1.165, 1.54) is 0 Å². The lowest BCUT2D eigenvalue weighted by atomic mass is 9.53. The predicted octanol–water partition coefficient (Wildman–Crippen LogP) is 1.33. The summed E-state index contributed by atoms with van der Waals surface area (Å²) in [7, 11) is 0. The largest absolute Gasteiger partial charge is 0.392 e. The Hall–Kier alpha value is -0.380. The molecule has 7 atom stereocenters. The molecule has 3 rings (SSSR count). The average molecular weight is 252 g/mol. The molecule has 0 radical (unpaired) electrons. The molecule has 3 nitrogen and oxygen atoms in total. The van der Waals surface area contributed by atoms with E-state index in [1.807, 2.05) is 13.8 Å². The average Bonchev–Trinajstić information content (AvgIpc) is 2.60. The maximum Gasteiger partial charge on any atom is 0.0670 e. The normalized spacial score (nSPS) is 55.1. The number of aliphatic hydroxyl groups is 3. The van der Waals surface area contributed by atoms with Crippen LogP contribution < -0.4 is 0 Å². The molecule has 3 N–H and O–H groups in total. The summed E-state index contributed by atoms with van der Waals surface area (Å²) < 4.78 is 0. The summed E-state index contributed by atoms with van der Waals surface area (Å²) in [5.74, 6) is -0.0436. The van der Waals surface area contributed by atoms with Crippen LogP contribution in [0.4, 0.5) is 0 Å².